The molecular formula is C15H16FNO3S. The van der Waals surface area contributed by atoms with Crippen molar-refractivity contribution in [3.05, 3.63) is 35.0 Å². The molecule has 2 rings (SSSR count). The molecule has 0 spiro atoms. The number of benzene rings is 1. The van der Waals surface area contributed by atoms with Gasteiger partial charge >= 0.3 is 5.97 Å². The molecule has 1 heterocycles. The van der Waals surface area contributed by atoms with Crippen LogP contribution in [0.1, 0.15) is 23.0 Å². The zero-order chi connectivity index (χ0) is 15.4. The maximum atomic E-state index is 13.2. The summed E-state index contributed by atoms with van der Waals surface area (Å²) in [6.45, 7) is 2.66. The number of hydrogen-bond acceptors (Lipinski definition) is 4. The molecule has 112 valence electrons. The number of carbonyl (C=O) groups is 2. The molecule has 0 aliphatic heterocycles. The zero-order valence-electron chi connectivity index (χ0n) is 11.9. The highest BCUT2D eigenvalue weighted by atomic mass is 32.1. The average molecular weight is 309 g/mol. The van der Waals surface area contributed by atoms with Gasteiger partial charge in [0.25, 0.3) is 5.91 Å². The second kappa shape index (κ2) is 6.67. The molecule has 2 aromatic rings. The smallest absolute Gasteiger partial charge is 0.307 e. The third-order valence-electron chi connectivity index (χ3n) is 3.17. The maximum Gasteiger partial charge on any atom is 0.307 e. The van der Waals surface area contributed by atoms with Gasteiger partial charge < -0.3 is 9.64 Å². The number of amides is 1. The van der Waals surface area contributed by atoms with Crippen LogP contribution in [0.5, 0.6) is 0 Å². The van der Waals surface area contributed by atoms with Crippen LogP contribution in [-0.4, -0.2) is 37.0 Å². The molecule has 0 unspecified atom stereocenters. The fourth-order valence-corrected chi connectivity index (χ4v) is 3.02. The largest absolute Gasteiger partial charge is 0.469 e. The highest BCUT2D eigenvalue weighted by molar-refractivity contribution is 7.20. The van der Waals surface area contributed by atoms with Gasteiger partial charge in [-0.3, -0.25) is 9.59 Å². The van der Waals surface area contributed by atoms with Crippen molar-refractivity contribution in [2.45, 2.75) is 13.3 Å². The third-order valence-corrected chi connectivity index (χ3v) is 4.28. The predicted octanol–water partition coefficient (Wildman–Crippen LogP) is 3.07. The molecule has 4 nitrogen and oxygen atoms in total. The van der Waals surface area contributed by atoms with E-state index in [0.29, 0.717) is 23.4 Å². The Labute approximate surface area is 126 Å². The van der Waals surface area contributed by atoms with Crippen molar-refractivity contribution in [3.8, 4) is 0 Å². The highest BCUT2D eigenvalue weighted by Crippen LogP contribution is 2.27. The summed E-state index contributed by atoms with van der Waals surface area (Å²) in [6, 6.07) is 6.14. The van der Waals surface area contributed by atoms with Crippen LogP contribution >= 0.6 is 11.3 Å². The number of thiophene rings is 1. The summed E-state index contributed by atoms with van der Waals surface area (Å²) in [7, 11) is 1.32. The summed E-state index contributed by atoms with van der Waals surface area (Å²) in [4.78, 5) is 25.7. The average Bonchev–Trinajstić information content (AvgIpc) is 2.90. The van der Waals surface area contributed by atoms with E-state index in [2.05, 4.69) is 4.74 Å². The van der Waals surface area contributed by atoms with Gasteiger partial charge in [-0.05, 0) is 36.6 Å². The molecule has 0 fully saturated rings. The van der Waals surface area contributed by atoms with E-state index < -0.39 is 0 Å². The lowest BCUT2D eigenvalue weighted by Gasteiger charge is -2.19. The molecule has 0 N–H and O–H groups in total. The number of halogens is 1. The lowest BCUT2D eigenvalue weighted by atomic mass is 10.2. The Kier molecular flexibility index (Phi) is 4.90. The van der Waals surface area contributed by atoms with Crippen molar-refractivity contribution < 1.29 is 18.7 Å². The summed E-state index contributed by atoms with van der Waals surface area (Å²) in [5.74, 6) is -0.819. The molecular weight excluding hydrogens is 293 g/mol. The molecule has 0 aliphatic carbocycles. The summed E-state index contributed by atoms with van der Waals surface area (Å²) in [5.41, 5.74) is 0. The van der Waals surface area contributed by atoms with Gasteiger partial charge in [-0.25, -0.2) is 4.39 Å². The van der Waals surface area contributed by atoms with Gasteiger partial charge in [0, 0.05) is 17.8 Å². The van der Waals surface area contributed by atoms with Gasteiger partial charge in [-0.2, -0.15) is 0 Å². The zero-order valence-corrected chi connectivity index (χ0v) is 12.7. The molecule has 0 saturated carbocycles. The first kappa shape index (κ1) is 15.4. The predicted molar refractivity (Wildman–Crippen MR) is 80.0 cm³/mol. The number of carbonyl (C=O) groups excluding carboxylic acids is 2. The molecule has 0 saturated heterocycles. The normalized spacial score (nSPS) is 10.6. The summed E-state index contributed by atoms with van der Waals surface area (Å²) < 4.78 is 18.6. The van der Waals surface area contributed by atoms with Crippen molar-refractivity contribution in [1.29, 1.82) is 0 Å². The topological polar surface area (TPSA) is 46.6 Å². The lowest BCUT2D eigenvalue weighted by molar-refractivity contribution is -0.140. The minimum absolute atomic E-state index is 0.150. The molecule has 1 aromatic carbocycles. The van der Waals surface area contributed by atoms with E-state index in [1.807, 2.05) is 6.92 Å². The van der Waals surface area contributed by atoms with Crippen LogP contribution in [-0.2, 0) is 9.53 Å². The van der Waals surface area contributed by atoms with Crippen molar-refractivity contribution in [3.63, 3.8) is 0 Å². The Bertz CT molecular complexity index is 668. The van der Waals surface area contributed by atoms with Crippen LogP contribution in [0.2, 0.25) is 0 Å². The Balaban J connectivity index is 2.17. The van der Waals surface area contributed by atoms with Crippen molar-refractivity contribution in [1.82, 2.24) is 4.90 Å². The fourth-order valence-electron chi connectivity index (χ4n) is 2.01. The SMILES string of the molecule is CCN(CCC(=O)OC)C(=O)c1cc2cc(F)ccc2s1. The van der Waals surface area contributed by atoms with Crippen molar-refractivity contribution in [2.75, 3.05) is 20.2 Å². The van der Waals surface area contributed by atoms with E-state index in [-0.39, 0.29) is 24.1 Å². The molecule has 1 aromatic heterocycles. The number of hydrogen-bond donors (Lipinski definition) is 0. The van der Waals surface area contributed by atoms with Crippen molar-refractivity contribution >= 4 is 33.3 Å². The van der Waals surface area contributed by atoms with Crippen LogP contribution < -0.4 is 0 Å². The van der Waals surface area contributed by atoms with Gasteiger partial charge in [-0.15, -0.1) is 11.3 Å². The monoisotopic (exact) mass is 309 g/mol. The van der Waals surface area contributed by atoms with E-state index in [0.717, 1.165) is 4.70 Å². The first-order chi connectivity index (χ1) is 10.0. The number of nitrogens with zero attached hydrogens (tertiary/aromatic N) is 1. The lowest BCUT2D eigenvalue weighted by Crippen LogP contribution is -2.32. The van der Waals surface area contributed by atoms with Crippen LogP contribution in [0, 0.1) is 5.82 Å². The molecule has 1 amide bonds. The standard InChI is InChI=1S/C15H16FNO3S/c1-3-17(7-6-14(18)20-2)15(19)13-9-10-8-11(16)4-5-12(10)21-13/h4-5,8-9H,3,6-7H2,1-2H3. The minimum atomic E-state index is -0.348. The number of methoxy groups -OCH3 is 1. The van der Waals surface area contributed by atoms with E-state index in [9.17, 15) is 14.0 Å². The van der Waals surface area contributed by atoms with E-state index in [1.165, 1.54) is 30.6 Å². The Morgan fingerprint density at radius 1 is 1.33 bits per heavy atom. The second-order valence-corrected chi connectivity index (χ2v) is 5.59. The van der Waals surface area contributed by atoms with E-state index in [4.69, 9.17) is 0 Å². The van der Waals surface area contributed by atoms with Crippen LogP contribution in [0.25, 0.3) is 10.1 Å². The fraction of sp³-hybridized carbons (Fsp3) is 0.333. The number of ether oxygens (including phenoxy) is 1. The Morgan fingerprint density at radius 2 is 2.10 bits per heavy atom. The molecule has 0 atom stereocenters. The minimum Gasteiger partial charge on any atom is -0.469 e. The summed E-state index contributed by atoms with van der Waals surface area (Å²) in [6.07, 6.45) is 0.162. The molecule has 6 heteroatoms. The molecule has 0 radical (unpaired) electrons. The van der Waals surface area contributed by atoms with Gasteiger partial charge in [0.05, 0.1) is 18.4 Å². The van der Waals surface area contributed by atoms with Crippen LogP contribution in [0.15, 0.2) is 24.3 Å². The third kappa shape index (κ3) is 3.58. The van der Waals surface area contributed by atoms with Gasteiger partial charge in [0.15, 0.2) is 0 Å². The van der Waals surface area contributed by atoms with Crippen molar-refractivity contribution in [2.24, 2.45) is 0 Å². The first-order valence-electron chi connectivity index (χ1n) is 6.60. The van der Waals surface area contributed by atoms with Gasteiger partial charge in [0.1, 0.15) is 5.82 Å². The van der Waals surface area contributed by atoms with Crippen LogP contribution in [0.3, 0.4) is 0 Å². The van der Waals surface area contributed by atoms with E-state index in [1.54, 1.807) is 17.0 Å². The first-order valence-corrected chi connectivity index (χ1v) is 7.42. The number of esters is 1. The van der Waals surface area contributed by atoms with E-state index >= 15 is 0 Å². The number of rotatable bonds is 5. The summed E-state index contributed by atoms with van der Waals surface area (Å²) >= 11 is 1.32. The maximum absolute atomic E-state index is 13.2. The highest BCUT2D eigenvalue weighted by Gasteiger charge is 2.18. The molecule has 0 aliphatic rings. The quantitative estimate of drug-likeness (QED) is 0.798. The van der Waals surface area contributed by atoms with Gasteiger partial charge in [-0.1, -0.05) is 0 Å². The van der Waals surface area contributed by atoms with Gasteiger partial charge in [0.2, 0.25) is 0 Å². The Morgan fingerprint density at radius 3 is 2.76 bits per heavy atom. The van der Waals surface area contributed by atoms with Crippen LogP contribution in [0.4, 0.5) is 4.39 Å². The summed E-state index contributed by atoms with van der Waals surface area (Å²) in [5, 5.41) is 0.715. The Hall–Kier alpha value is -1.95. The second-order valence-electron chi connectivity index (χ2n) is 4.50. The molecule has 0 bridgehead atoms. The molecule has 21 heavy (non-hydrogen) atoms. The number of fused-ring (bicyclic) bond motifs is 1.